The van der Waals surface area contributed by atoms with Crippen LogP contribution in [0.5, 0.6) is 0 Å². The molecule has 0 saturated heterocycles. The average Bonchev–Trinajstić information content (AvgIpc) is 3.21. The van der Waals surface area contributed by atoms with Gasteiger partial charge in [0.1, 0.15) is 11.9 Å². The monoisotopic (exact) mass is 507 g/mol. The van der Waals surface area contributed by atoms with Crippen molar-refractivity contribution in [2.75, 3.05) is 0 Å². The maximum atomic E-state index is 14.9. The third-order valence-electron chi connectivity index (χ3n) is 6.31. The first-order chi connectivity index (χ1) is 16.0. The highest BCUT2D eigenvalue weighted by atomic mass is 35.5. The van der Waals surface area contributed by atoms with Crippen LogP contribution in [0.2, 0.25) is 5.02 Å². The fourth-order valence-electron chi connectivity index (χ4n) is 4.43. The van der Waals surface area contributed by atoms with Crippen molar-refractivity contribution in [2.45, 2.75) is 56.9 Å². The molecule has 180 valence electrons. The van der Waals surface area contributed by atoms with Crippen LogP contribution in [0.4, 0.5) is 4.39 Å². The fourth-order valence-corrected chi connectivity index (χ4v) is 6.20. The summed E-state index contributed by atoms with van der Waals surface area (Å²) in [5.74, 6) is -2.81. The number of nitrogens with zero attached hydrogens (tertiary/aromatic N) is 1. The smallest absolute Gasteiger partial charge is 0.391 e. The normalized spacial score (nSPS) is 15.7. The fraction of sp³-hybridized carbons (Fsp3) is 0.348. The Kier molecular flexibility index (Phi) is 6.50. The maximum absolute atomic E-state index is 14.9. The van der Waals surface area contributed by atoms with Crippen LogP contribution in [0.3, 0.4) is 0 Å². The zero-order chi connectivity index (χ0) is 24.8. The summed E-state index contributed by atoms with van der Waals surface area (Å²) in [5, 5.41) is 6.23. The van der Waals surface area contributed by atoms with E-state index in [-0.39, 0.29) is 34.1 Å². The van der Waals surface area contributed by atoms with E-state index in [1.165, 1.54) is 18.2 Å². The molecule has 0 radical (unpaired) electrons. The summed E-state index contributed by atoms with van der Waals surface area (Å²) in [7, 11) is -4.35. The van der Waals surface area contributed by atoms with Crippen LogP contribution in [0, 0.1) is 19.7 Å². The van der Waals surface area contributed by atoms with E-state index in [9.17, 15) is 22.4 Å². The second-order valence-corrected chi connectivity index (χ2v) is 10.5. The largest absolute Gasteiger partial charge is 0.434 e. The van der Waals surface area contributed by atoms with Gasteiger partial charge < -0.3 is 4.42 Å². The summed E-state index contributed by atoms with van der Waals surface area (Å²) in [4.78, 5) is 24.1. The average molecular weight is 508 g/mol. The number of carbonyl (C=O) groups excluding carboxylic acids is 1. The lowest BCUT2D eigenvalue weighted by atomic mass is 9.88. The number of rotatable bonds is 6. The molecule has 1 heterocycles. The number of aryl methyl sites for hydroxylation is 1. The van der Waals surface area contributed by atoms with Crippen LogP contribution < -0.4 is 10.5 Å². The number of Topliss-reactive ketones (excluding diaryl/α,β-unsaturated/α-hetero) is 1. The van der Waals surface area contributed by atoms with E-state index in [1.54, 1.807) is 19.9 Å². The molecule has 0 bridgehead atoms. The summed E-state index contributed by atoms with van der Waals surface area (Å²) in [6.07, 6.45) is 1.26. The number of hydrogen-bond donors (Lipinski definition) is 2. The Morgan fingerprint density at radius 2 is 1.91 bits per heavy atom. The molecule has 1 aromatic heterocycles. The minimum Gasteiger partial charge on any atom is -0.391 e. The van der Waals surface area contributed by atoms with Gasteiger partial charge in [0, 0.05) is 22.9 Å². The predicted molar refractivity (Wildman–Crippen MR) is 123 cm³/mol. The Hall–Kier alpha value is -2.82. The summed E-state index contributed by atoms with van der Waals surface area (Å²) < 4.78 is 49.6. The standard InChI is InChI=1S/C23H23ClFN3O5S/c1-11-7-9-16(25)19(12(11)2)13(3)21(22-26-27-23(30)33-22)28-34(31,32)18-10-8-15(24)14-5-4-6-17(29)20(14)18/h7-10,13,21,28H,4-6H2,1-3H3,(H,27,30). The molecule has 2 aromatic carbocycles. The summed E-state index contributed by atoms with van der Waals surface area (Å²) in [6, 6.07) is 4.39. The van der Waals surface area contributed by atoms with Gasteiger partial charge in [-0.05, 0) is 67.1 Å². The lowest BCUT2D eigenvalue weighted by molar-refractivity contribution is 0.0969. The first-order valence-corrected chi connectivity index (χ1v) is 12.5. The van der Waals surface area contributed by atoms with Crippen molar-refractivity contribution >= 4 is 27.4 Å². The van der Waals surface area contributed by atoms with E-state index in [1.807, 2.05) is 6.92 Å². The number of ketones is 1. The van der Waals surface area contributed by atoms with Gasteiger partial charge in [-0.2, -0.15) is 4.72 Å². The Balaban J connectivity index is 1.84. The van der Waals surface area contributed by atoms with Crippen molar-refractivity contribution in [3.8, 4) is 0 Å². The number of aromatic amines is 1. The number of nitrogens with one attached hydrogen (secondary N) is 2. The minimum absolute atomic E-state index is 0.0547. The number of sulfonamides is 1. The van der Waals surface area contributed by atoms with E-state index in [4.69, 9.17) is 16.0 Å². The third kappa shape index (κ3) is 4.33. The molecular weight excluding hydrogens is 485 g/mol. The van der Waals surface area contributed by atoms with Crippen molar-refractivity contribution in [1.82, 2.24) is 14.9 Å². The van der Waals surface area contributed by atoms with Crippen LogP contribution in [0.1, 0.15) is 70.2 Å². The summed E-state index contributed by atoms with van der Waals surface area (Å²) in [6.45, 7) is 5.14. The van der Waals surface area contributed by atoms with E-state index in [0.29, 0.717) is 29.0 Å². The second kappa shape index (κ2) is 9.09. The van der Waals surface area contributed by atoms with Crippen molar-refractivity contribution in [3.63, 3.8) is 0 Å². The van der Waals surface area contributed by atoms with Gasteiger partial charge in [0.15, 0.2) is 5.78 Å². The maximum Gasteiger partial charge on any atom is 0.434 e. The molecular formula is C23H23ClFN3O5S. The van der Waals surface area contributed by atoms with Gasteiger partial charge in [-0.3, -0.25) is 4.79 Å². The van der Waals surface area contributed by atoms with Crippen LogP contribution in [0.25, 0.3) is 0 Å². The van der Waals surface area contributed by atoms with Gasteiger partial charge in [-0.25, -0.2) is 22.7 Å². The molecule has 34 heavy (non-hydrogen) atoms. The molecule has 3 aromatic rings. The van der Waals surface area contributed by atoms with Gasteiger partial charge in [-0.1, -0.05) is 24.6 Å². The molecule has 2 N–H and O–H groups in total. The first kappa shape index (κ1) is 24.3. The highest BCUT2D eigenvalue weighted by molar-refractivity contribution is 7.89. The molecule has 2 unspecified atom stereocenters. The SMILES string of the molecule is Cc1ccc(F)c(C(C)C(NS(=O)(=O)c2ccc(Cl)c3c2C(=O)CCC3)c2n[nH]c(=O)o2)c1C. The minimum atomic E-state index is -4.35. The lowest BCUT2D eigenvalue weighted by Crippen LogP contribution is -2.34. The predicted octanol–water partition coefficient (Wildman–Crippen LogP) is 4.11. The number of aromatic nitrogens is 2. The zero-order valence-corrected chi connectivity index (χ0v) is 20.3. The van der Waals surface area contributed by atoms with Gasteiger partial charge >= 0.3 is 5.76 Å². The van der Waals surface area contributed by atoms with Crippen LogP contribution >= 0.6 is 11.6 Å². The van der Waals surface area contributed by atoms with E-state index >= 15 is 0 Å². The molecule has 8 nitrogen and oxygen atoms in total. The molecule has 0 saturated carbocycles. The Bertz CT molecular complexity index is 1450. The van der Waals surface area contributed by atoms with Crippen molar-refractivity contribution in [3.05, 3.63) is 79.4 Å². The van der Waals surface area contributed by atoms with E-state index in [0.717, 1.165) is 5.56 Å². The van der Waals surface area contributed by atoms with Gasteiger partial charge in [0.05, 0.1) is 4.90 Å². The van der Waals surface area contributed by atoms with Crippen LogP contribution in [-0.2, 0) is 16.4 Å². The van der Waals surface area contributed by atoms with Gasteiger partial charge in [0.25, 0.3) is 0 Å². The van der Waals surface area contributed by atoms with Crippen LogP contribution in [0.15, 0.2) is 38.4 Å². The molecule has 4 rings (SSSR count). The quantitative estimate of drug-likeness (QED) is 0.517. The summed E-state index contributed by atoms with van der Waals surface area (Å²) in [5.41, 5.74) is 2.24. The number of hydrogen-bond acceptors (Lipinski definition) is 6. The number of fused-ring (bicyclic) bond motifs is 1. The lowest BCUT2D eigenvalue weighted by Gasteiger charge is -2.26. The van der Waals surface area contributed by atoms with Crippen molar-refractivity contribution in [2.24, 2.45) is 0 Å². The topological polar surface area (TPSA) is 122 Å². The first-order valence-electron chi connectivity index (χ1n) is 10.7. The third-order valence-corrected chi connectivity index (χ3v) is 8.14. The van der Waals surface area contributed by atoms with Crippen LogP contribution in [-0.4, -0.2) is 24.4 Å². The molecule has 11 heteroatoms. The Morgan fingerprint density at radius 1 is 1.18 bits per heavy atom. The van der Waals surface area contributed by atoms with Gasteiger partial charge in [0.2, 0.25) is 15.9 Å². The van der Waals surface area contributed by atoms with Gasteiger partial charge in [-0.15, -0.1) is 5.10 Å². The Morgan fingerprint density at radius 3 is 2.59 bits per heavy atom. The molecule has 1 aliphatic rings. The Labute approximate surface area is 200 Å². The molecule has 0 spiro atoms. The van der Waals surface area contributed by atoms with Crippen molar-refractivity contribution in [1.29, 1.82) is 0 Å². The number of halogens is 2. The summed E-state index contributed by atoms with van der Waals surface area (Å²) >= 11 is 6.24. The number of benzene rings is 2. The molecule has 0 aliphatic heterocycles. The molecule has 0 amide bonds. The van der Waals surface area contributed by atoms with E-state index in [2.05, 4.69) is 14.9 Å². The van der Waals surface area contributed by atoms with Crippen molar-refractivity contribution < 1.29 is 22.0 Å². The second-order valence-electron chi connectivity index (χ2n) is 8.42. The highest BCUT2D eigenvalue weighted by Gasteiger charge is 2.36. The highest BCUT2D eigenvalue weighted by Crippen LogP contribution is 2.37. The molecule has 0 fully saturated rings. The van der Waals surface area contributed by atoms with E-state index < -0.39 is 33.6 Å². The molecule has 2 atom stereocenters. The molecule has 1 aliphatic carbocycles. The zero-order valence-electron chi connectivity index (χ0n) is 18.7. The number of H-pyrrole nitrogens is 1. The number of carbonyl (C=O) groups is 1.